The Morgan fingerprint density at radius 2 is 1.91 bits per heavy atom. The first-order valence-corrected chi connectivity index (χ1v) is 7.70. The zero-order chi connectivity index (χ0) is 16.2. The van der Waals surface area contributed by atoms with Crippen molar-refractivity contribution >= 4 is 34.9 Å². The number of amides is 3. The standard InChI is InChI=1S/C17H16ClN3O2/c18-13-3-5-14(6-4-13)20-17(23)19-10-11-1-7-15-12(9-11)2-8-16(22)21-15/h1,3-7,9H,2,8,10H2,(H,21,22)(H2,19,20,23). The van der Waals surface area contributed by atoms with Gasteiger partial charge in [-0.25, -0.2) is 4.79 Å². The molecule has 0 radical (unpaired) electrons. The molecule has 1 aliphatic heterocycles. The van der Waals surface area contributed by atoms with Crippen molar-refractivity contribution < 1.29 is 9.59 Å². The molecule has 118 valence electrons. The lowest BCUT2D eigenvalue weighted by molar-refractivity contribution is -0.116. The van der Waals surface area contributed by atoms with Gasteiger partial charge in [0.25, 0.3) is 0 Å². The highest BCUT2D eigenvalue weighted by molar-refractivity contribution is 6.30. The predicted molar refractivity (Wildman–Crippen MR) is 90.7 cm³/mol. The van der Waals surface area contributed by atoms with Crippen LogP contribution in [-0.4, -0.2) is 11.9 Å². The fourth-order valence-corrected chi connectivity index (χ4v) is 2.56. The van der Waals surface area contributed by atoms with E-state index in [1.165, 1.54) is 0 Å². The number of hydrogen-bond donors (Lipinski definition) is 3. The molecule has 3 N–H and O–H groups in total. The van der Waals surface area contributed by atoms with E-state index >= 15 is 0 Å². The fourth-order valence-electron chi connectivity index (χ4n) is 2.44. The van der Waals surface area contributed by atoms with Gasteiger partial charge < -0.3 is 16.0 Å². The van der Waals surface area contributed by atoms with Crippen molar-refractivity contribution in [3.05, 3.63) is 58.6 Å². The quantitative estimate of drug-likeness (QED) is 0.806. The van der Waals surface area contributed by atoms with Gasteiger partial charge in [-0.2, -0.15) is 0 Å². The SMILES string of the molecule is O=C1CCc2cc(CNC(=O)Nc3ccc(Cl)cc3)ccc2N1. The Balaban J connectivity index is 1.56. The van der Waals surface area contributed by atoms with Crippen LogP contribution in [0.4, 0.5) is 16.2 Å². The van der Waals surface area contributed by atoms with Gasteiger partial charge in [-0.1, -0.05) is 23.7 Å². The molecule has 3 rings (SSSR count). The minimum Gasteiger partial charge on any atom is -0.334 e. The van der Waals surface area contributed by atoms with Gasteiger partial charge >= 0.3 is 6.03 Å². The van der Waals surface area contributed by atoms with Crippen LogP contribution < -0.4 is 16.0 Å². The van der Waals surface area contributed by atoms with Crippen molar-refractivity contribution in [2.24, 2.45) is 0 Å². The summed E-state index contributed by atoms with van der Waals surface area (Å²) in [6.45, 7) is 0.417. The molecular formula is C17H16ClN3O2. The van der Waals surface area contributed by atoms with E-state index in [1.807, 2.05) is 18.2 Å². The largest absolute Gasteiger partial charge is 0.334 e. The highest BCUT2D eigenvalue weighted by Gasteiger charge is 2.14. The number of hydrogen-bond acceptors (Lipinski definition) is 2. The van der Waals surface area contributed by atoms with Gasteiger partial charge in [0.1, 0.15) is 0 Å². The summed E-state index contributed by atoms with van der Waals surface area (Å²) in [5.74, 6) is 0.0470. The normalized spacial score (nSPS) is 13.0. The van der Waals surface area contributed by atoms with Crippen LogP contribution in [0.15, 0.2) is 42.5 Å². The average molecular weight is 330 g/mol. The van der Waals surface area contributed by atoms with Crippen molar-refractivity contribution in [2.75, 3.05) is 10.6 Å². The number of urea groups is 1. The second kappa shape index (κ2) is 6.71. The highest BCUT2D eigenvalue weighted by Crippen LogP contribution is 2.23. The van der Waals surface area contributed by atoms with E-state index < -0.39 is 0 Å². The molecule has 6 heteroatoms. The number of aryl methyl sites for hydroxylation is 1. The number of carbonyl (C=O) groups excluding carboxylic acids is 2. The molecule has 1 aliphatic rings. The predicted octanol–water partition coefficient (Wildman–Crippen LogP) is 3.55. The smallest absolute Gasteiger partial charge is 0.319 e. The Morgan fingerprint density at radius 1 is 1.13 bits per heavy atom. The van der Waals surface area contributed by atoms with Gasteiger partial charge in [-0.15, -0.1) is 0 Å². The summed E-state index contributed by atoms with van der Waals surface area (Å²) in [6.07, 6.45) is 1.23. The minimum atomic E-state index is -0.279. The zero-order valence-corrected chi connectivity index (χ0v) is 13.1. The van der Waals surface area contributed by atoms with Crippen LogP contribution in [0, 0.1) is 0 Å². The Bertz CT molecular complexity index is 744. The third kappa shape index (κ3) is 4.02. The van der Waals surface area contributed by atoms with Gasteiger partial charge in [0.15, 0.2) is 0 Å². The molecule has 2 aromatic carbocycles. The summed E-state index contributed by atoms with van der Waals surface area (Å²) < 4.78 is 0. The van der Waals surface area contributed by atoms with E-state index in [9.17, 15) is 9.59 Å². The lowest BCUT2D eigenvalue weighted by Crippen LogP contribution is -2.28. The van der Waals surface area contributed by atoms with Crippen LogP contribution in [-0.2, 0) is 17.8 Å². The van der Waals surface area contributed by atoms with Crippen LogP contribution in [0.1, 0.15) is 17.5 Å². The molecule has 23 heavy (non-hydrogen) atoms. The van der Waals surface area contributed by atoms with Crippen molar-refractivity contribution in [1.82, 2.24) is 5.32 Å². The molecule has 3 amide bonds. The van der Waals surface area contributed by atoms with Crippen LogP contribution in [0.3, 0.4) is 0 Å². The molecule has 0 fully saturated rings. The van der Waals surface area contributed by atoms with Crippen LogP contribution >= 0.6 is 11.6 Å². The number of rotatable bonds is 3. The second-order valence-electron chi connectivity index (χ2n) is 5.35. The van der Waals surface area contributed by atoms with E-state index in [4.69, 9.17) is 11.6 Å². The molecule has 0 aromatic heterocycles. The van der Waals surface area contributed by atoms with Gasteiger partial charge in [-0.3, -0.25) is 4.79 Å². The summed E-state index contributed by atoms with van der Waals surface area (Å²) in [4.78, 5) is 23.2. The molecule has 0 aliphatic carbocycles. The van der Waals surface area contributed by atoms with Crippen LogP contribution in [0.25, 0.3) is 0 Å². The monoisotopic (exact) mass is 329 g/mol. The van der Waals surface area contributed by atoms with Gasteiger partial charge in [0.2, 0.25) is 5.91 Å². The summed E-state index contributed by atoms with van der Waals surface area (Å²) in [7, 11) is 0. The number of carbonyl (C=O) groups is 2. The Hall–Kier alpha value is -2.53. The maximum absolute atomic E-state index is 11.9. The van der Waals surface area contributed by atoms with E-state index in [0.717, 1.165) is 23.2 Å². The Kier molecular flexibility index (Phi) is 4.48. The number of anilines is 2. The molecular weight excluding hydrogens is 314 g/mol. The highest BCUT2D eigenvalue weighted by atomic mass is 35.5. The zero-order valence-electron chi connectivity index (χ0n) is 12.4. The second-order valence-corrected chi connectivity index (χ2v) is 5.79. The lowest BCUT2D eigenvalue weighted by atomic mass is 10.0. The lowest BCUT2D eigenvalue weighted by Gasteiger charge is -2.17. The van der Waals surface area contributed by atoms with Crippen LogP contribution in [0.2, 0.25) is 5.02 Å². The Labute approximate surface area is 139 Å². The van der Waals surface area contributed by atoms with Crippen molar-refractivity contribution in [1.29, 1.82) is 0 Å². The van der Waals surface area contributed by atoms with Crippen molar-refractivity contribution in [2.45, 2.75) is 19.4 Å². The summed E-state index contributed by atoms with van der Waals surface area (Å²) in [5, 5.41) is 9.01. The maximum atomic E-state index is 11.9. The van der Waals surface area contributed by atoms with Crippen molar-refractivity contribution in [3.8, 4) is 0 Å². The van der Waals surface area contributed by atoms with Crippen LogP contribution in [0.5, 0.6) is 0 Å². The minimum absolute atomic E-state index is 0.0470. The molecule has 0 bridgehead atoms. The molecule has 0 spiro atoms. The molecule has 5 nitrogen and oxygen atoms in total. The topological polar surface area (TPSA) is 70.2 Å². The fraction of sp³-hybridized carbons (Fsp3) is 0.176. The number of benzene rings is 2. The first kappa shape index (κ1) is 15.4. The summed E-state index contributed by atoms with van der Waals surface area (Å²) >= 11 is 5.80. The average Bonchev–Trinajstić information content (AvgIpc) is 2.55. The molecule has 0 saturated carbocycles. The molecule has 0 unspecified atom stereocenters. The molecule has 0 atom stereocenters. The maximum Gasteiger partial charge on any atom is 0.319 e. The number of nitrogens with one attached hydrogen (secondary N) is 3. The summed E-state index contributed by atoms with van der Waals surface area (Å²) in [6, 6.07) is 12.4. The summed E-state index contributed by atoms with van der Waals surface area (Å²) in [5.41, 5.74) is 3.63. The van der Waals surface area contributed by atoms with Gasteiger partial charge in [0.05, 0.1) is 0 Å². The van der Waals surface area contributed by atoms with E-state index in [2.05, 4.69) is 16.0 Å². The van der Waals surface area contributed by atoms with Crippen molar-refractivity contribution in [3.63, 3.8) is 0 Å². The van der Waals surface area contributed by atoms with Gasteiger partial charge in [0, 0.05) is 29.4 Å². The molecule has 0 saturated heterocycles. The van der Waals surface area contributed by atoms with E-state index in [-0.39, 0.29) is 11.9 Å². The first-order chi connectivity index (χ1) is 11.1. The molecule has 2 aromatic rings. The third-order valence-corrected chi connectivity index (χ3v) is 3.87. The first-order valence-electron chi connectivity index (χ1n) is 7.32. The Morgan fingerprint density at radius 3 is 2.70 bits per heavy atom. The van der Waals surface area contributed by atoms with Gasteiger partial charge in [-0.05, 0) is 47.9 Å². The number of fused-ring (bicyclic) bond motifs is 1. The third-order valence-electron chi connectivity index (χ3n) is 3.62. The molecule has 1 heterocycles. The number of halogens is 1. The van der Waals surface area contributed by atoms with E-state index in [1.54, 1.807) is 24.3 Å². The van der Waals surface area contributed by atoms with E-state index in [0.29, 0.717) is 23.7 Å².